The van der Waals surface area contributed by atoms with E-state index in [1.807, 2.05) is 6.07 Å². The Hall–Kier alpha value is -1.62. The molecule has 0 aliphatic carbocycles. The van der Waals surface area contributed by atoms with Gasteiger partial charge in [-0.25, -0.2) is 4.39 Å². The molecule has 1 aliphatic heterocycles. The summed E-state index contributed by atoms with van der Waals surface area (Å²) in [5.74, 6) is 0. The summed E-state index contributed by atoms with van der Waals surface area (Å²) in [6, 6.07) is 6.35. The number of oxazole rings is 1. The van der Waals surface area contributed by atoms with Crippen LogP contribution in [0.25, 0.3) is 11.1 Å². The zero-order valence-corrected chi connectivity index (χ0v) is 15.9. The van der Waals surface area contributed by atoms with Crippen molar-refractivity contribution in [2.24, 2.45) is 0 Å². The third kappa shape index (κ3) is 5.44. The first-order valence-corrected chi connectivity index (χ1v) is 10.3. The van der Waals surface area contributed by atoms with Gasteiger partial charge in [-0.1, -0.05) is 57.9 Å². The third-order valence-corrected chi connectivity index (χ3v) is 5.22. The predicted octanol–water partition coefficient (Wildman–Crippen LogP) is 5.23. The van der Waals surface area contributed by atoms with E-state index in [2.05, 4.69) is 34.7 Å². The van der Waals surface area contributed by atoms with E-state index in [9.17, 15) is 4.39 Å². The van der Waals surface area contributed by atoms with E-state index >= 15 is 0 Å². The molecule has 2 aromatic rings. The van der Waals surface area contributed by atoms with Crippen LogP contribution >= 0.6 is 0 Å². The fourth-order valence-corrected chi connectivity index (χ4v) is 3.60. The highest BCUT2D eigenvalue weighted by molar-refractivity contribution is 5.75. The van der Waals surface area contributed by atoms with Crippen molar-refractivity contribution in [3.63, 3.8) is 0 Å². The van der Waals surface area contributed by atoms with Crippen LogP contribution in [0.5, 0.6) is 0 Å². The molecule has 0 spiro atoms. The molecule has 0 saturated carbocycles. The lowest BCUT2D eigenvalue weighted by Crippen LogP contribution is -2.29. The number of hydrogen-bond acceptors (Lipinski definition) is 4. The second-order valence-corrected chi connectivity index (χ2v) is 7.47. The van der Waals surface area contributed by atoms with Crippen LogP contribution in [0.15, 0.2) is 22.6 Å². The summed E-state index contributed by atoms with van der Waals surface area (Å²) in [4.78, 5) is 4.49. The number of halogens is 1. The number of rotatable bonds is 11. The van der Waals surface area contributed by atoms with E-state index in [1.54, 1.807) is 0 Å². The first kappa shape index (κ1) is 19.2. The van der Waals surface area contributed by atoms with Gasteiger partial charge < -0.3 is 15.1 Å². The second kappa shape index (κ2) is 9.91. The molecule has 1 fully saturated rings. The Labute approximate surface area is 155 Å². The predicted molar refractivity (Wildman–Crippen MR) is 105 cm³/mol. The second-order valence-electron chi connectivity index (χ2n) is 7.47. The van der Waals surface area contributed by atoms with E-state index in [1.165, 1.54) is 56.9 Å². The molecule has 1 aromatic heterocycles. The molecule has 1 aromatic carbocycles. The van der Waals surface area contributed by atoms with E-state index < -0.39 is 6.17 Å². The van der Waals surface area contributed by atoms with Gasteiger partial charge in [-0.15, -0.1) is 0 Å². The van der Waals surface area contributed by atoms with Crippen LogP contribution in [0.4, 0.5) is 10.4 Å². The van der Waals surface area contributed by atoms with Gasteiger partial charge in [0, 0.05) is 13.1 Å². The smallest absolute Gasteiger partial charge is 0.296 e. The number of hydrogen-bond donors (Lipinski definition) is 2. The molecule has 2 N–H and O–H groups in total. The fraction of sp³-hybridized carbons (Fsp3) is 0.667. The lowest BCUT2D eigenvalue weighted by molar-refractivity contribution is 0.339. The summed E-state index contributed by atoms with van der Waals surface area (Å²) in [6.07, 6.45) is 10.8. The van der Waals surface area contributed by atoms with E-state index in [0.717, 1.165) is 17.5 Å². The van der Waals surface area contributed by atoms with Crippen LogP contribution in [0.1, 0.15) is 63.9 Å². The van der Waals surface area contributed by atoms with Gasteiger partial charge in [-0.05, 0) is 30.5 Å². The van der Waals surface area contributed by atoms with Gasteiger partial charge in [0.15, 0.2) is 5.58 Å². The average molecular weight is 362 g/mol. The maximum absolute atomic E-state index is 13.7. The SMILES string of the molecule is CCCCCCCCCCc1ccc2oc(N[C@@H]3CNC[C@@H]3F)nc2c1. The summed E-state index contributed by atoms with van der Waals surface area (Å²) in [5.41, 5.74) is 2.91. The Morgan fingerprint density at radius 2 is 1.88 bits per heavy atom. The molecular weight excluding hydrogens is 329 g/mol. The molecule has 0 bridgehead atoms. The number of aromatic nitrogens is 1. The molecule has 0 amide bonds. The Kier molecular flexibility index (Phi) is 7.30. The Bertz CT molecular complexity index is 672. The minimum Gasteiger partial charge on any atom is -0.424 e. The highest BCUT2D eigenvalue weighted by atomic mass is 19.1. The summed E-state index contributed by atoms with van der Waals surface area (Å²) in [5, 5.41) is 6.09. The van der Waals surface area contributed by atoms with Crippen LogP contribution in [0.2, 0.25) is 0 Å². The minimum absolute atomic E-state index is 0.264. The van der Waals surface area contributed by atoms with Crippen molar-refractivity contribution >= 4 is 17.1 Å². The van der Waals surface area contributed by atoms with Gasteiger partial charge >= 0.3 is 0 Å². The normalized spacial score (nSPS) is 20.1. The fourth-order valence-electron chi connectivity index (χ4n) is 3.60. The number of nitrogens with one attached hydrogen (secondary N) is 2. The Morgan fingerprint density at radius 1 is 1.12 bits per heavy atom. The number of benzene rings is 1. The number of anilines is 1. The minimum atomic E-state index is -0.900. The summed E-state index contributed by atoms with van der Waals surface area (Å²) < 4.78 is 19.4. The first-order valence-electron chi connectivity index (χ1n) is 10.3. The van der Waals surface area contributed by atoms with E-state index in [-0.39, 0.29) is 6.04 Å². The number of alkyl halides is 1. The Morgan fingerprint density at radius 3 is 2.62 bits per heavy atom. The van der Waals surface area contributed by atoms with Crippen LogP contribution in [0, 0.1) is 0 Å². The summed E-state index contributed by atoms with van der Waals surface area (Å²) in [7, 11) is 0. The molecule has 5 heteroatoms. The molecule has 2 atom stereocenters. The van der Waals surface area contributed by atoms with Crippen LogP contribution in [-0.4, -0.2) is 30.3 Å². The molecule has 1 saturated heterocycles. The summed E-state index contributed by atoms with van der Waals surface area (Å²) >= 11 is 0. The molecule has 3 rings (SSSR count). The van der Waals surface area contributed by atoms with Crippen molar-refractivity contribution in [3.05, 3.63) is 23.8 Å². The molecule has 144 valence electrons. The van der Waals surface area contributed by atoms with Crippen molar-refractivity contribution in [3.8, 4) is 0 Å². The molecule has 2 heterocycles. The highest BCUT2D eigenvalue weighted by Gasteiger charge is 2.27. The molecule has 26 heavy (non-hydrogen) atoms. The van der Waals surface area contributed by atoms with E-state index in [0.29, 0.717) is 19.1 Å². The Balaban J connectivity index is 1.43. The standard InChI is InChI=1S/C21H32FN3O/c1-2-3-4-5-6-7-8-9-10-16-11-12-20-18(13-16)24-21(26-20)25-19-15-23-14-17(19)22/h11-13,17,19,23H,2-10,14-15H2,1H3,(H,24,25)/t17-,19+/m0/s1. The van der Waals surface area contributed by atoms with Gasteiger partial charge in [0.25, 0.3) is 6.01 Å². The lowest BCUT2D eigenvalue weighted by atomic mass is 10.0. The zero-order valence-electron chi connectivity index (χ0n) is 15.9. The number of fused-ring (bicyclic) bond motifs is 1. The maximum atomic E-state index is 13.7. The number of aryl methyl sites for hydroxylation is 1. The van der Waals surface area contributed by atoms with Crippen molar-refractivity contribution in [2.75, 3.05) is 18.4 Å². The van der Waals surface area contributed by atoms with Gasteiger partial charge in [0.1, 0.15) is 11.7 Å². The molecule has 0 radical (unpaired) electrons. The van der Waals surface area contributed by atoms with Crippen molar-refractivity contribution < 1.29 is 8.81 Å². The van der Waals surface area contributed by atoms with Crippen LogP contribution in [-0.2, 0) is 6.42 Å². The molecule has 1 aliphatic rings. The van der Waals surface area contributed by atoms with Crippen molar-refractivity contribution in [1.82, 2.24) is 10.3 Å². The van der Waals surface area contributed by atoms with Gasteiger partial charge in [0.2, 0.25) is 0 Å². The van der Waals surface area contributed by atoms with Gasteiger partial charge in [-0.2, -0.15) is 4.98 Å². The zero-order chi connectivity index (χ0) is 18.2. The highest BCUT2D eigenvalue weighted by Crippen LogP contribution is 2.23. The maximum Gasteiger partial charge on any atom is 0.296 e. The monoisotopic (exact) mass is 361 g/mol. The number of unbranched alkanes of at least 4 members (excludes halogenated alkanes) is 7. The van der Waals surface area contributed by atoms with Crippen molar-refractivity contribution in [2.45, 2.75) is 76.9 Å². The third-order valence-electron chi connectivity index (χ3n) is 5.22. The molecular formula is C21H32FN3O. The first-order chi connectivity index (χ1) is 12.8. The van der Waals surface area contributed by atoms with E-state index in [4.69, 9.17) is 4.42 Å². The topological polar surface area (TPSA) is 50.1 Å². The number of nitrogens with zero attached hydrogens (tertiary/aromatic N) is 1. The van der Waals surface area contributed by atoms with Crippen molar-refractivity contribution in [1.29, 1.82) is 0 Å². The average Bonchev–Trinajstić information content (AvgIpc) is 3.23. The summed E-state index contributed by atoms with van der Waals surface area (Å²) in [6.45, 7) is 3.25. The van der Waals surface area contributed by atoms with Crippen LogP contribution < -0.4 is 10.6 Å². The quantitative estimate of drug-likeness (QED) is 0.538. The molecule has 4 nitrogen and oxygen atoms in total. The lowest BCUT2D eigenvalue weighted by Gasteiger charge is -2.11. The van der Waals surface area contributed by atoms with Gasteiger partial charge in [0.05, 0.1) is 6.04 Å². The van der Waals surface area contributed by atoms with Crippen LogP contribution in [0.3, 0.4) is 0 Å². The molecule has 0 unspecified atom stereocenters. The largest absolute Gasteiger partial charge is 0.424 e. The van der Waals surface area contributed by atoms with Gasteiger partial charge in [-0.3, -0.25) is 0 Å².